The van der Waals surface area contributed by atoms with Gasteiger partial charge in [0.05, 0.1) is 27.8 Å². The molecule has 0 bridgehead atoms. The Labute approximate surface area is 174 Å². The van der Waals surface area contributed by atoms with E-state index in [1.165, 1.54) is 27.9 Å². The number of nitrogens with zero attached hydrogens (tertiary/aromatic N) is 3. The quantitative estimate of drug-likeness (QED) is 0.593. The summed E-state index contributed by atoms with van der Waals surface area (Å²) in [6, 6.07) is 4.15. The van der Waals surface area contributed by atoms with Gasteiger partial charge in [-0.1, -0.05) is 6.92 Å². The van der Waals surface area contributed by atoms with E-state index in [2.05, 4.69) is 15.6 Å². The zero-order valence-corrected chi connectivity index (χ0v) is 17.5. The highest BCUT2D eigenvalue weighted by atomic mass is 32.2. The number of aromatic nitrogens is 3. The number of halogens is 3. The van der Waals surface area contributed by atoms with Crippen molar-refractivity contribution < 1.29 is 18.0 Å². The Morgan fingerprint density at radius 3 is 2.37 bits per heavy atom. The maximum absolute atomic E-state index is 13.1. The van der Waals surface area contributed by atoms with Gasteiger partial charge in [0.25, 0.3) is 5.91 Å². The van der Waals surface area contributed by atoms with Crippen LogP contribution in [0.3, 0.4) is 0 Å². The van der Waals surface area contributed by atoms with Gasteiger partial charge in [-0.15, -0.1) is 11.8 Å². The Kier molecular flexibility index (Phi) is 5.84. The maximum Gasteiger partial charge on any atom is 0.417 e. The van der Waals surface area contributed by atoms with Gasteiger partial charge in [-0.25, -0.2) is 9.78 Å². The van der Waals surface area contributed by atoms with E-state index in [4.69, 9.17) is 0 Å². The van der Waals surface area contributed by atoms with E-state index in [1.807, 2.05) is 6.92 Å². The fourth-order valence-electron chi connectivity index (χ4n) is 3.08. The van der Waals surface area contributed by atoms with Crippen LogP contribution in [-0.2, 0) is 20.3 Å². The lowest BCUT2D eigenvalue weighted by Crippen LogP contribution is -2.19. The third-order valence-electron chi connectivity index (χ3n) is 4.62. The number of fused-ring (bicyclic) bond motifs is 1. The average molecular weight is 439 g/mol. The van der Waals surface area contributed by atoms with Gasteiger partial charge in [0.15, 0.2) is 0 Å². The summed E-state index contributed by atoms with van der Waals surface area (Å²) in [4.78, 5) is 29.6. The minimum Gasteiger partial charge on any atom is -0.371 e. The van der Waals surface area contributed by atoms with E-state index < -0.39 is 17.6 Å². The first-order valence-electron chi connectivity index (χ1n) is 8.97. The molecule has 0 radical (unpaired) electrons. The van der Waals surface area contributed by atoms with Crippen molar-refractivity contribution in [1.29, 1.82) is 0 Å². The maximum atomic E-state index is 13.1. The number of rotatable bonds is 5. The van der Waals surface area contributed by atoms with Crippen molar-refractivity contribution >= 4 is 40.2 Å². The van der Waals surface area contributed by atoms with Crippen LogP contribution in [0.25, 0.3) is 11.0 Å². The number of anilines is 2. The van der Waals surface area contributed by atoms with Crippen molar-refractivity contribution in [2.24, 2.45) is 14.1 Å². The number of amides is 1. The molecule has 0 spiro atoms. The molecule has 1 aromatic carbocycles. The van der Waals surface area contributed by atoms with Gasteiger partial charge in [0.2, 0.25) is 0 Å². The number of hydrogen-bond donors (Lipinski definition) is 2. The van der Waals surface area contributed by atoms with Crippen molar-refractivity contribution in [1.82, 2.24) is 14.1 Å². The van der Waals surface area contributed by atoms with Crippen molar-refractivity contribution in [3.05, 3.63) is 46.0 Å². The molecule has 0 saturated carbocycles. The molecule has 0 aliphatic carbocycles. The first-order chi connectivity index (χ1) is 14.1. The van der Waals surface area contributed by atoms with Crippen LogP contribution >= 0.6 is 11.8 Å². The number of nitrogens with one attached hydrogen (secondary N) is 2. The summed E-state index contributed by atoms with van der Waals surface area (Å²) in [6.07, 6.45) is -3.89. The number of thioether (sulfide) groups is 1. The average Bonchev–Trinajstić information content (AvgIpc) is 2.90. The second-order valence-electron chi connectivity index (χ2n) is 6.49. The van der Waals surface area contributed by atoms with E-state index in [0.29, 0.717) is 27.9 Å². The number of aryl methyl sites for hydroxylation is 2. The first-order valence-corrected chi connectivity index (χ1v) is 9.95. The van der Waals surface area contributed by atoms with Crippen LogP contribution in [0.1, 0.15) is 22.8 Å². The number of pyridine rings is 1. The van der Waals surface area contributed by atoms with Gasteiger partial charge >= 0.3 is 11.9 Å². The molecular formula is C19H20F3N5O2S. The van der Waals surface area contributed by atoms with Gasteiger partial charge in [0.1, 0.15) is 5.82 Å². The third-order valence-corrected chi connectivity index (χ3v) is 5.56. The standard InChI is InChI=1S/C19H20F3N5O2S/c1-5-30-15-8-14-13(26(3)18(29)27(14)4)7-11(15)17(28)25-12-6-10(19(20,21)22)9-24-16(12)23-2/h6-9H,5H2,1-4H3,(H,23,24)(H,25,28). The molecule has 2 N–H and O–H groups in total. The normalized spacial score (nSPS) is 11.7. The van der Waals surface area contributed by atoms with Gasteiger partial charge in [-0.05, 0) is 24.0 Å². The van der Waals surface area contributed by atoms with Crippen molar-refractivity contribution in [2.75, 3.05) is 23.4 Å². The molecule has 3 aromatic rings. The minimum atomic E-state index is -4.59. The number of carbonyl (C=O) groups excluding carboxylic acids is 1. The van der Waals surface area contributed by atoms with E-state index in [0.717, 1.165) is 6.07 Å². The summed E-state index contributed by atoms with van der Waals surface area (Å²) in [5.74, 6) is 0.176. The lowest BCUT2D eigenvalue weighted by Gasteiger charge is -2.15. The number of alkyl halides is 3. The van der Waals surface area contributed by atoms with E-state index >= 15 is 0 Å². The Hall–Kier alpha value is -2.95. The molecule has 0 unspecified atom stereocenters. The van der Waals surface area contributed by atoms with Crippen LogP contribution in [0.2, 0.25) is 0 Å². The van der Waals surface area contributed by atoms with Crippen LogP contribution in [0.4, 0.5) is 24.7 Å². The highest BCUT2D eigenvalue weighted by Gasteiger charge is 2.32. The molecular weight excluding hydrogens is 419 g/mol. The SMILES string of the molecule is CCSc1cc2c(cc1C(=O)Nc1cc(C(F)(F)F)cnc1NC)n(C)c(=O)n2C. The summed E-state index contributed by atoms with van der Waals surface area (Å²) in [6.45, 7) is 1.91. The topological polar surface area (TPSA) is 81.0 Å². The van der Waals surface area contributed by atoms with Gasteiger partial charge in [-0.3, -0.25) is 13.9 Å². The summed E-state index contributed by atoms with van der Waals surface area (Å²) in [5, 5.41) is 5.20. The zero-order chi connectivity index (χ0) is 22.2. The highest BCUT2D eigenvalue weighted by molar-refractivity contribution is 7.99. The molecule has 160 valence electrons. The minimum absolute atomic E-state index is 0.0909. The fourth-order valence-corrected chi connectivity index (χ4v) is 3.90. The molecule has 1 amide bonds. The van der Waals surface area contributed by atoms with Crippen molar-refractivity contribution in [3.8, 4) is 0 Å². The molecule has 0 aliphatic rings. The van der Waals surface area contributed by atoms with Crippen LogP contribution in [0.15, 0.2) is 34.1 Å². The Morgan fingerprint density at radius 2 is 1.80 bits per heavy atom. The van der Waals surface area contributed by atoms with Crippen molar-refractivity contribution in [2.45, 2.75) is 18.0 Å². The lowest BCUT2D eigenvalue weighted by atomic mass is 10.1. The van der Waals surface area contributed by atoms with Gasteiger partial charge in [-0.2, -0.15) is 13.2 Å². The second-order valence-corrected chi connectivity index (χ2v) is 7.80. The molecule has 2 heterocycles. The van der Waals surface area contributed by atoms with Crippen LogP contribution in [0.5, 0.6) is 0 Å². The zero-order valence-electron chi connectivity index (χ0n) is 16.7. The molecule has 0 aliphatic heterocycles. The first kappa shape index (κ1) is 21.8. The van der Waals surface area contributed by atoms with Crippen LogP contribution < -0.4 is 16.3 Å². The van der Waals surface area contributed by atoms with Crippen LogP contribution in [0, 0.1) is 0 Å². The predicted molar refractivity (Wildman–Crippen MR) is 111 cm³/mol. The summed E-state index contributed by atoms with van der Waals surface area (Å²) < 4.78 is 42.1. The fraction of sp³-hybridized carbons (Fsp3) is 0.316. The number of carbonyl (C=O) groups is 1. The number of benzene rings is 1. The Balaban J connectivity index is 2.10. The molecule has 30 heavy (non-hydrogen) atoms. The molecule has 7 nitrogen and oxygen atoms in total. The molecule has 0 atom stereocenters. The van der Waals surface area contributed by atoms with E-state index in [-0.39, 0.29) is 22.8 Å². The van der Waals surface area contributed by atoms with Crippen LogP contribution in [-0.4, -0.2) is 32.8 Å². The van der Waals surface area contributed by atoms with E-state index in [1.54, 1.807) is 26.2 Å². The van der Waals surface area contributed by atoms with E-state index in [9.17, 15) is 22.8 Å². The summed E-state index contributed by atoms with van der Waals surface area (Å²) >= 11 is 1.40. The second kappa shape index (κ2) is 8.05. The predicted octanol–water partition coefficient (Wildman–Crippen LogP) is 3.70. The molecule has 3 rings (SSSR count). The molecule has 11 heteroatoms. The lowest BCUT2D eigenvalue weighted by molar-refractivity contribution is -0.137. The number of imidazole rings is 1. The number of hydrogen-bond acceptors (Lipinski definition) is 5. The van der Waals surface area contributed by atoms with Crippen molar-refractivity contribution in [3.63, 3.8) is 0 Å². The molecule has 0 saturated heterocycles. The molecule has 0 fully saturated rings. The largest absolute Gasteiger partial charge is 0.417 e. The smallest absolute Gasteiger partial charge is 0.371 e. The Morgan fingerprint density at radius 1 is 1.17 bits per heavy atom. The highest BCUT2D eigenvalue weighted by Crippen LogP contribution is 2.33. The molecule has 2 aromatic heterocycles. The third kappa shape index (κ3) is 3.89. The van der Waals surface area contributed by atoms with Gasteiger partial charge < -0.3 is 10.6 Å². The van der Waals surface area contributed by atoms with Gasteiger partial charge in [0, 0.05) is 32.2 Å². The summed E-state index contributed by atoms with van der Waals surface area (Å²) in [7, 11) is 4.72. The summed E-state index contributed by atoms with van der Waals surface area (Å²) in [5.41, 5.74) is 0.160. The monoisotopic (exact) mass is 439 g/mol. The Bertz CT molecular complexity index is 1180.